The second kappa shape index (κ2) is 7.49. The van der Waals surface area contributed by atoms with E-state index in [4.69, 9.17) is 5.73 Å². The number of carbonyl (C=O) groups is 1. The van der Waals surface area contributed by atoms with Gasteiger partial charge < -0.3 is 16.0 Å². The molecule has 8 heteroatoms. The number of anilines is 2. The number of nitrogen functional groups attached to an aromatic ring is 1. The number of aryl methyl sites for hydroxylation is 1. The summed E-state index contributed by atoms with van der Waals surface area (Å²) in [4.78, 5) is 28.4. The normalized spacial score (nSPS) is 10.6. The third-order valence-corrected chi connectivity index (χ3v) is 4.96. The maximum absolute atomic E-state index is 12.5. The lowest BCUT2D eigenvalue weighted by Gasteiger charge is -2.11. The minimum absolute atomic E-state index is 0.131. The summed E-state index contributed by atoms with van der Waals surface area (Å²) in [6.45, 7) is 2.19. The molecular weight excluding hydrogens is 348 g/mol. The van der Waals surface area contributed by atoms with Gasteiger partial charge in [-0.3, -0.25) is 4.79 Å². The van der Waals surface area contributed by atoms with Gasteiger partial charge in [0.25, 0.3) is 5.91 Å². The molecule has 0 aliphatic rings. The number of aromatic nitrogens is 3. The Morgan fingerprint density at radius 3 is 2.62 bits per heavy atom. The number of carbonyl (C=O) groups excluding carboxylic acids is 1. The molecule has 134 valence electrons. The van der Waals surface area contributed by atoms with Crippen LogP contribution in [0.5, 0.6) is 0 Å². The predicted molar refractivity (Wildman–Crippen MR) is 104 cm³/mol. The van der Waals surface area contributed by atoms with Gasteiger partial charge in [0, 0.05) is 19.0 Å². The van der Waals surface area contributed by atoms with Crippen molar-refractivity contribution in [2.24, 2.45) is 0 Å². The van der Waals surface area contributed by atoms with Crippen molar-refractivity contribution in [1.29, 1.82) is 0 Å². The molecule has 0 saturated heterocycles. The summed E-state index contributed by atoms with van der Waals surface area (Å²) in [6, 6.07) is 11.9. The van der Waals surface area contributed by atoms with Gasteiger partial charge in [-0.05, 0) is 24.1 Å². The Kier molecular flexibility index (Phi) is 5.13. The van der Waals surface area contributed by atoms with E-state index in [1.165, 1.54) is 11.3 Å². The molecule has 0 bridgehead atoms. The van der Waals surface area contributed by atoms with Crippen LogP contribution in [0, 0.1) is 6.92 Å². The van der Waals surface area contributed by atoms with Crippen LogP contribution in [0.15, 0.2) is 36.4 Å². The van der Waals surface area contributed by atoms with Crippen LogP contribution in [0.3, 0.4) is 0 Å². The van der Waals surface area contributed by atoms with Gasteiger partial charge in [-0.2, -0.15) is 15.0 Å². The first kappa shape index (κ1) is 17.8. The van der Waals surface area contributed by atoms with E-state index < -0.39 is 0 Å². The van der Waals surface area contributed by atoms with Gasteiger partial charge in [0.1, 0.15) is 0 Å². The smallest absolute Gasteiger partial charge is 0.261 e. The van der Waals surface area contributed by atoms with Gasteiger partial charge in [-0.15, -0.1) is 11.3 Å². The topological polar surface area (TPSA) is 97.0 Å². The van der Waals surface area contributed by atoms with Crippen molar-refractivity contribution in [2.75, 3.05) is 24.7 Å². The van der Waals surface area contributed by atoms with E-state index >= 15 is 0 Å². The molecule has 3 aromatic rings. The van der Waals surface area contributed by atoms with Crippen LogP contribution in [0.2, 0.25) is 0 Å². The van der Waals surface area contributed by atoms with Gasteiger partial charge in [0.15, 0.2) is 5.82 Å². The summed E-state index contributed by atoms with van der Waals surface area (Å²) >= 11 is 1.47. The first-order chi connectivity index (χ1) is 12.4. The fraction of sp³-hybridized carbons (Fsp3) is 0.222. The molecule has 0 aliphatic heterocycles. The van der Waals surface area contributed by atoms with Crippen molar-refractivity contribution in [3.8, 4) is 10.4 Å². The van der Waals surface area contributed by atoms with Crippen LogP contribution in [0.1, 0.15) is 21.1 Å². The van der Waals surface area contributed by atoms with E-state index in [2.05, 4.69) is 20.3 Å². The molecular formula is C18H20N6OS. The first-order valence-electron chi connectivity index (χ1n) is 8.06. The second-order valence-corrected chi connectivity index (χ2v) is 7.03. The Morgan fingerprint density at radius 1 is 1.19 bits per heavy atom. The number of rotatable bonds is 5. The lowest BCUT2D eigenvalue weighted by Crippen LogP contribution is -2.24. The summed E-state index contributed by atoms with van der Waals surface area (Å²) in [5.41, 5.74) is 7.88. The molecule has 0 radical (unpaired) electrons. The molecule has 1 amide bonds. The average molecular weight is 368 g/mol. The minimum atomic E-state index is -0.161. The molecule has 2 heterocycles. The average Bonchev–Trinajstić information content (AvgIpc) is 3.02. The fourth-order valence-corrected chi connectivity index (χ4v) is 3.52. The SMILES string of the molecule is Cc1cc(C(=O)NCc2nc(N)nc(N(C)C)n2)sc1-c1ccccc1. The number of thiophene rings is 1. The molecule has 0 aliphatic carbocycles. The zero-order valence-corrected chi connectivity index (χ0v) is 15.7. The number of benzene rings is 1. The lowest BCUT2D eigenvalue weighted by atomic mass is 10.1. The maximum Gasteiger partial charge on any atom is 0.261 e. The van der Waals surface area contributed by atoms with Crippen molar-refractivity contribution >= 4 is 29.1 Å². The molecule has 3 N–H and O–H groups in total. The Bertz CT molecular complexity index is 923. The van der Waals surface area contributed by atoms with Crippen LogP contribution < -0.4 is 16.0 Å². The molecule has 0 saturated carbocycles. The van der Waals surface area contributed by atoms with Crippen LogP contribution in [-0.4, -0.2) is 35.0 Å². The quantitative estimate of drug-likeness (QED) is 0.718. The molecule has 0 spiro atoms. The number of nitrogens with two attached hydrogens (primary N) is 1. The van der Waals surface area contributed by atoms with E-state index in [0.717, 1.165) is 16.0 Å². The number of hydrogen-bond acceptors (Lipinski definition) is 7. The molecule has 0 fully saturated rings. The Balaban J connectivity index is 1.73. The van der Waals surface area contributed by atoms with Crippen LogP contribution >= 0.6 is 11.3 Å². The highest BCUT2D eigenvalue weighted by atomic mass is 32.1. The number of hydrogen-bond donors (Lipinski definition) is 2. The monoisotopic (exact) mass is 368 g/mol. The fourth-order valence-electron chi connectivity index (χ4n) is 2.42. The molecule has 7 nitrogen and oxygen atoms in total. The Hall–Kier alpha value is -3.00. The molecule has 26 heavy (non-hydrogen) atoms. The standard InChI is InChI=1S/C18H20N6OS/c1-11-9-13(26-15(11)12-7-5-4-6-8-12)16(25)20-10-14-21-17(19)23-18(22-14)24(2)3/h4-9H,10H2,1-3H3,(H,20,25)(H2,19,21,22,23). The molecule has 0 unspecified atom stereocenters. The summed E-state index contributed by atoms with van der Waals surface area (Å²) in [5.74, 6) is 0.850. The van der Waals surface area contributed by atoms with Gasteiger partial charge in [0.2, 0.25) is 11.9 Å². The van der Waals surface area contributed by atoms with Gasteiger partial charge in [0.05, 0.1) is 11.4 Å². The number of nitrogens with zero attached hydrogens (tertiary/aromatic N) is 4. The number of amides is 1. The van der Waals surface area contributed by atoms with Crippen molar-refractivity contribution < 1.29 is 4.79 Å². The Morgan fingerprint density at radius 2 is 1.92 bits per heavy atom. The summed E-state index contributed by atoms with van der Waals surface area (Å²) in [5, 5.41) is 2.85. The highest BCUT2D eigenvalue weighted by molar-refractivity contribution is 7.17. The zero-order valence-electron chi connectivity index (χ0n) is 14.9. The van der Waals surface area contributed by atoms with Gasteiger partial charge in [-0.1, -0.05) is 30.3 Å². The highest BCUT2D eigenvalue weighted by Gasteiger charge is 2.14. The van der Waals surface area contributed by atoms with Crippen molar-refractivity contribution in [3.63, 3.8) is 0 Å². The zero-order chi connectivity index (χ0) is 18.7. The molecule has 1 aromatic carbocycles. The van der Waals surface area contributed by atoms with E-state index in [9.17, 15) is 4.79 Å². The van der Waals surface area contributed by atoms with Crippen LogP contribution in [0.4, 0.5) is 11.9 Å². The Labute approximate surface area is 155 Å². The largest absolute Gasteiger partial charge is 0.368 e. The van der Waals surface area contributed by atoms with Crippen molar-refractivity contribution in [1.82, 2.24) is 20.3 Å². The highest BCUT2D eigenvalue weighted by Crippen LogP contribution is 2.32. The van der Waals surface area contributed by atoms with E-state index in [1.54, 1.807) is 4.90 Å². The lowest BCUT2D eigenvalue weighted by molar-refractivity contribution is 0.0954. The molecule has 3 rings (SSSR count). The summed E-state index contributed by atoms with van der Waals surface area (Å²) < 4.78 is 0. The molecule has 2 aromatic heterocycles. The minimum Gasteiger partial charge on any atom is -0.368 e. The van der Waals surface area contributed by atoms with Crippen LogP contribution in [0.25, 0.3) is 10.4 Å². The second-order valence-electron chi connectivity index (χ2n) is 5.98. The maximum atomic E-state index is 12.5. The molecule has 0 atom stereocenters. The van der Waals surface area contributed by atoms with Crippen LogP contribution in [-0.2, 0) is 6.54 Å². The first-order valence-corrected chi connectivity index (χ1v) is 8.87. The summed E-state index contributed by atoms with van der Waals surface area (Å²) in [6.07, 6.45) is 0. The van der Waals surface area contributed by atoms with Crippen molar-refractivity contribution in [2.45, 2.75) is 13.5 Å². The van der Waals surface area contributed by atoms with E-state index in [1.807, 2.05) is 57.4 Å². The van der Waals surface area contributed by atoms with E-state index in [-0.39, 0.29) is 18.4 Å². The third kappa shape index (κ3) is 3.97. The predicted octanol–water partition coefficient (Wildman–Crippen LogP) is 2.49. The van der Waals surface area contributed by atoms with E-state index in [0.29, 0.717) is 16.6 Å². The summed E-state index contributed by atoms with van der Waals surface area (Å²) in [7, 11) is 3.63. The van der Waals surface area contributed by atoms with Gasteiger partial charge >= 0.3 is 0 Å². The van der Waals surface area contributed by atoms with Gasteiger partial charge in [-0.25, -0.2) is 0 Å². The third-order valence-electron chi connectivity index (χ3n) is 3.67. The van der Waals surface area contributed by atoms with Crippen molar-refractivity contribution in [3.05, 3.63) is 52.7 Å². The number of nitrogens with one attached hydrogen (secondary N) is 1.